The van der Waals surface area contributed by atoms with Crippen LogP contribution in [-0.2, 0) is 11.8 Å². The molecule has 3 aromatic rings. The molecule has 0 saturated carbocycles. The van der Waals surface area contributed by atoms with Crippen LogP contribution in [0.4, 0.5) is 5.13 Å². The van der Waals surface area contributed by atoms with Crippen molar-refractivity contribution in [3.8, 4) is 0 Å². The van der Waals surface area contributed by atoms with Crippen molar-refractivity contribution in [1.82, 2.24) is 19.7 Å². The largest absolute Gasteiger partial charge is 0.379 e. The van der Waals surface area contributed by atoms with Crippen molar-refractivity contribution in [2.45, 2.75) is 0 Å². The number of carbonyl (C=O) groups is 1. The summed E-state index contributed by atoms with van der Waals surface area (Å²) in [5, 5.41) is 5.59. The van der Waals surface area contributed by atoms with Gasteiger partial charge in [0.05, 0.1) is 23.4 Å². The number of aryl methyl sites for hydroxylation is 1. The number of rotatable bonds is 5. The third-order valence-corrected chi connectivity index (χ3v) is 5.77. The molecule has 1 fully saturated rings. The molecule has 1 amide bonds. The zero-order valence-corrected chi connectivity index (χ0v) is 16.5. The minimum absolute atomic E-state index is 0.144. The third kappa shape index (κ3) is 4.14. The molecule has 0 aliphatic carbocycles. The second-order valence-electron chi connectivity index (χ2n) is 6.39. The number of morpholine rings is 1. The molecule has 0 unspecified atom stereocenters. The molecule has 1 aliphatic rings. The minimum atomic E-state index is -0.144. The topological polar surface area (TPSA) is 63.5 Å². The van der Waals surface area contributed by atoms with Crippen LogP contribution in [0.1, 0.15) is 10.5 Å². The van der Waals surface area contributed by atoms with E-state index in [1.54, 1.807) is 28.9 Å². The van der Waals surface area contributed by atoms with Gasteiger partial charge in [0.1, 0.15) is 0 Å². The zero-order valence-electron chi connectivity index (χ0n) is 15.0. The van der Waals surface area contributed by atoms with Crippen LogP contribution in [0, 0.1) is 0 Å². The Morgan fingerprint density at radius 1 is 1.33 bits per heavy atom. The normalized spacial score (nSPS) is 15.3. The fraction of sp³-hybridized carbons (Fsp3) is 0.389. The summed E-state index contributed by atoms with van der Waals surface area (Å²) in [6, 6.07) is 7.30. The van der Waals surface area contributed by atoms with E-state index in [0.29, 0.717) is 22.4 Å². The Balaban J connectivity index is 1.62. The number of hydrogen-bond donors (Lipinski definition) is 0. The maximum absolute atomic E-state index is 13.1. The molecule has 4 rings (SSSR count). The number of thiazole rings is 1. The maximum Gasteiger partial charge on any atom is 0.280 e. The maximum atomic E-state index is 13.1. The predicted octanol–water partition coefficient (Wildman–Crippen LogP) is 2.66. The van der Waals surface area contributed by atoms with Gasteiger partial charge >= 0.3 is 0 Å². The highest BCUT2D eigenvalue weighted by molar-refractivity contribution is 7.22. The summed E-state index contributed by atoms with van der Waals surface area (Å²) < 4.78 is 8.00. The van der Waals surface area contributed by atoms with Gasteiger partial charge in [-0.05, 0) is 24.3 Å². The highest BCUT2D eigenvalue weighted by Crippen LogP contribution is 2.31. The monoisotopic (exact) mass is 405 g/mol. The fourth-order valence-electron chi connectivity index (χ4n) is 3.02. The van der Waals surface area contributed by atoms with E-state index in [1.165, 1.54) is 11.3 Å². The molecule has 2 aromatic heterocycles. The van der Waals surface area contributed by atoms with Crippen molar-refractivity contribution in [3.05, 3.63) is 41.2 Å². The Morgan fingerprint density at radius 2 is 2.15 bits per heavy atom. The quantitative estimate of drug-likeness (QED) is 0.653. The van der Waals surface area contributed by atoms with Crippen molar-refractivity contribution in [1.29, 1.82) is 0 Å². The number of benzene rings is 1. The summed E-state index contributed by atoms with van der Waals surface area (Å²) in [4.78, 5) is 21.8. The Labute approximate surface area is 166 Å². The minimum Gasteiger partial charge on any atom is -0.379 e. The summed E-state index contributed by atoms with van der Waals surface area (Å²) in [7, 11) is 1.80. The van der Waals surface area contributed by atoms with Gasteiger partial charge < -0.3 is 4.74 Å². The lowest BCUT2D eigenvalue weighted by Crippen LogP contribution is -2.43. The molecule has 9 heteroatoms. The van der Waals surface area contributed by atoms with Crippen LogP contribution in [0.15, 0.2) is 30.5 Å². The standard InChI is InChI=1S/C18H20ClN5O2S/c1-22-5-4-15(21-22)17(25)24(7-6-23-8-10-26-11-9-23)18-20-14-3-2-13(19)12-16(14)27-18/h2-5,12H,6-11H2,1H3. The number of hydrogen-bond acceptors (Lipinski definition) is 6. The first-order chi connectivity index (χ1) is 13.1. The number of ether oxygens (including phenoxy) is 1. The van der Waals surface area contributed by atoms with Crippen molar-refractivity contribution in [3.63, 3.8) is 0 Å². The second-order valence-corrected chi connectivity index (χ2v) is 7.84. The molecule has 7 nitrogen and oxygen atoms in total. The van der Waals surface area contributed by atoms with E-state index in [0.717, 1.165) is 43.1 Å². The lowest BCUT2D eigenvalue weighted by atomic mass is 10.3. The summed E-state index contributed by atoms with van der Waals surface area (Å²) in [6.45, 7) is 4.52. The molecule has 1 aromatic carbocycles. The molecule has 0 N–H and O–H groups in total. The van der Waals surface area contributed by atoms with Gasteiger partial charge in [-0.15, -0.1) is 0 Å². The van der Waals surface area contributed by atoms with Crippen molar-refractivity contribution < 1.29 is 9.53 Å². The number of carbonyl (C=O) groups excluding carboxylic acids is 1. The Kier molecular flexibility index (Phi) is 5.40. The number of nitrogens with zero attached hydrogens (tertiary/aromatic N) is 5. The Hall–Kier alpha value is -2.00. The number of fused-ring (bicyclic) bond motifs is 1. The molecule has 27 heavy (non-hydrogen) atoms. The van der Waals surface area contributed by atoms with Crippen molar-refractivity contribution in [2.75, 3.05) is 44.3 Å². The van der Waals surface area contributed by atoms with E-state index in [2.05, 4.69) is 15.0 Å². The van der Waals surface area contributed by atoms with Crippen molar-refractivity contribution in [2.24, 2.45) is 7.05 Å². The molecule has 0 atom stereocenters. The third-order valence-electron chi connectivity index (χ3n) is 4.49. The fourth-order valence-corrected chi connectivity index (χ4v) is 4.29. The molecule has 0 spiro atoms. The summed E-state index contributed by atoms with van der Waals surface area (Å²) >= 11 is 7.57. The van der Waals surface area contributed by atoms with Gasteiger partial charge in [0.15, 0.2) is 10.8 Å². The lowest BCUT2D eigenvalue weighted by Gasteiger charge is -2.29. The van der Waals surface area contributed by atoms with Crippen LogP contribution in [0.5, 0.6) is 0 Å². The predicted molar refractivity (Wildman–Crippen MR) is 107 cm³/mol. The van der Waals surface area contributed by atoms with Crippen LogP contribution in [0.2, 0.25) is 5.02 Å². The first-order valence-corrected chi connectivity index (χ1v) is 9.97. The molecule has 0 radical (unpaired) electrons. The van der Waals surface area contributed by atoms with Crippen LogP contribution in [-0.4, -0.2) is 65.0 Å². The second kappa shape index (κ2) is 7.93. The van der Waals surface area contributed by atoms with E-state index >= 15 is 0 Å². The number of amides is 1. The Morgan fingerprint density at radius 3 is 2.89 bits per heavy atom. The van der Waals surface area contributed by atoms with E-state index in [1.807, 2.05) is 18.2 Å². The first kappa shape index (κ1) is 18.4. The van der Waals surface area contributed by atoms with E-state index in [-0.39, 0.29) is 5.91 Å². The number of aromatic nitrogens is 3. The first-order valence-electron chi connectivity index (χ1n) is 8.78. The molecule has 0 bridgehead atoms. The van der Waals surface area contributed by atoms with Crippen LogP contribution in [0.25, 0.3) is 10.2 Å². The van der Waals surface area contributed by atoms with Gasteiger partial charge in [0.25, 0.3) is 5.91 Å². The van der Waals surface area contributed by atoms with E-state index < -0.39 is 0 Å². The Bertz CT molecular complexity index is 950. The molecular weight excluding hydrogens is 386 g/mol. The van der Waals surface area contributed by atoms with Gasteiger partial charge in [-0.3, -0.25) is 19.3 Å². The summed E-state index contributed by atoms with van der Waals surface area (Å²) in [5.74, 6) is -0.144. The van der Waals surface area contributed by atoms with Gasteiger partial charge in [-0.2, -0.15) is 5.10 Å². The zero-order chi connectivity index (χ0) is 18.8. The highest BCUT2D eigenvalue weighted by atomic mass is 35.5. The van der Waals surface area contributed by atoms with Gasteiger partial charge in [-0.25, -0.2) is 4.98 Å². The van der Waals surface area contributed by atoms with Crippen LogP contribution >= 0.6 is 22.9 Å². The van der Waals surface area contributed by atoms with Crippen LogP contribution < -0.4 is 4.90 Å². The molecule has 3 heterocycles. The highest BCUT2D eigenvalue weighted by Gasteiger charge is 2.24. The van der Waals surface area contributed by atoms with Gasteiger partial charge in [0, 0.05) is 44.4 Å². The number of halogens is 1. The average molecular weight is 406 g/mol. The molecule has 142 valence electrons. The van der Waals surface area contributed by atoms with E-state index in [9.17, 15) is 4.79 Å². The SMILES string of the molecule is Cn1ccc(C(=O)N(CCN2CCOCC2)c2nc3ccc(Cl)cc3s2)n1. The smallest absolute Gasteiger partial charge is 0.280 e. The van der Waals surface area contributed by atoms with Gasteiger partial charge in [0.2, 0.25) is 0 Å². The number of anilines is 1. The molecule has 1 saturated heterocycles. The van der Waals surface area contributed by atoms with Crippen molar-refractivity contribution >= 4 is 44.2 Å². The average Bonchev–Trinajstić information content (AvgIpc) is 3.28. The summed E-state index contributed by atoms with van der Waals surface area (Å²) in [5.41, 5.74) is 1.25. The van der Waals surface area contributed by atoms with Gasteiger partial charge in [-0.1, -0.05) is 22.9 Å². The lowest BCUT2D eigenvalue weighted by molar-refractivity contribution is 0.0391. The molecular formula is C18H20ClN5O2S. The van der Waals surface area contributed by atoms with Crippen LogP contribution in [0.3, 0.4) is 0 Å². The molecule has 1 aliphatic heterocycles. The van der Waals surface area contributed by atoms with E-state index in [4.69, 9.17) is 16.3 Å². The summed E-state index contributed by atoms with van der Waals surface area (Å²) in [6.07, 6.45) is 1.77.